The molecule has 0 radical (unpaired) electrons. The Morgan fingerprint density at radius 1 is 1.71 bits per heavy atom. The van der Waals surface area contributed by atoms with Gasteiger partial charge in [0.05, 0.1) is 5.75 Å². The molecule has 0 saturated heterocycles. The molecule has 0 aromatic carbocycles. The molecule has 0 aromatic rings. The van der Waals surface area contributed by atoms with Gasteiger partial charge in [0.25, 0.3) is 10.1 Å². The number of carbonyl (C=O) groups excluding carboxylic acids is 1. The van der Waals surface area contributed by atoms with Gasteiger partial charge in [-0.3, -0.25) is 9.35 Å². The predicted molar refractivity (Wildman–Crippen MR) is 49.9 cm³/mol. The van der Waals surface area contributed by atoms with Crippen LogP contribution in [-0.2, 0) is 14.9 Å². The topological polar surface area (TPSA) is 83.5 Å². The van der Waals surface area contributed by atoms with Gasteiger partial charge < -0.3 is 6.74 Å². The molecule has 14 heavy (non-hydrogen) atoms. The van der Waals surface area contributed by atoms with E-state index in [1.54, 1.807) is 6.92 Å². The molecule has 0 aromatic heterocycles. The summed E-state index contributed by atoms with van der Waals surface area (Å²) in [6.07, 6.45) is 1.28. The molecule has 0 saturated carbocycles. The van der Waals surface area contributed by atoms with Crippen molar-refractivity contribution in [2.75, 3.05) is 5.75 Å². The second-order valence-electron chi connectivity index (χ2n) is 2.69. The Bertz CT molecular complexity index is 293. The molecule has 2 N–H and O–H groups in total. The predicted octanol–water partition coefficient (Wildman–Crippen LogP) is -2.93. The minimum atomic E-state index is -3.94. The Hall–Kier alpha value is 0.120. The first-order valence-electron chi connectivity index (χ1n) is 3.73. The molecular formula is C7H14NNaO4S. The van der Waals surface area contributed by atoms with E-state index in [0.29, 0.717) is 0 Å². The number of hydrogen-bond donors (Lipinski definition) is 2. The third-order valence-electron chi connectivity index (χ3n) is 1.38. The molecule has 0 heterocycles. The van der Waals surface area contributed by atoms with Crippen molar-refractivity contribution >= 4 is 16.0 Å². The van der Waals surface area contributed by atoms with Gasteiger partial charge in [-0.05, 0) is 19.4 Å². The zero-order valence-electron chi connectivity index (χ0n) is 9.36. The normalized spacial score (nSPS) is 12.4. The van der Waals surface area contributed by atoms with Crippen LogP contribution >= 0.6 is 0 Å². The zero-order valence-corrected chi connectivity index (χ0v) is 11.2. The van der Waals surface area contributed by atoms with Gasteiger partial charge in [0.2, 0.25) is 5.91 Å². The fourth-order valence-corrected chi connectivity index (χ4v) is 1.35. The maximum Gasteiger partial charge on any atom is 1.00 e. The molecule has 0 aliphatic rings. The van der Waals surface area contributed by atoms with Crippen LogP contribution in [0.1, 0.15) is 14.8 Å². The third-order valence-corrected chi connectivity index (χ3v) is 2.13. The van der Waals surface area contributed by atoms with Crippen molar-refractivity contribution in [3.05, 3.63) is 12.7 Å². The van der Waals surface area contributed by atoms with Gasteiger partial charge in [0.1, 0.15) is 0 Å². The Labute approximate surface area is 107 Å². The summed E-state index contributed by atoms with van der Waals surface area (Å²) >= 11 is 0. The van der Waals surface area contributed by atoms with Crippen molar-refractivity contribution in [2.24, 2.45) is 0 Å². The molecule has 0 bridgehead atoms. The molecule has 1 unspecified atom stereocenters. The van der Waals surface area contributed by atoms with E-state index >= 15 is 0 Å². The van der Waals surface area contributed by atoms with Crippen LogP contribution in [0.4, 0.5) is 0 Å². The van der Waals surface area contributed by atoms with E-state index in [0.717, 1.165) is 6.08 Å². The summed E-state index contributed by atoms with van der Waals surface area (Å²) in [4.78, 5) is 10.7. The smallest absolute Gasteiger partial charge is 1.00 e. The first kappa shape index (κ1) is 16.5. The van der Waals surface area contributed by atoms with Crippen LogP contribution in [0.2, 0.25) is 0 Å². The Morgan fingerprint density at radius 3 is 2.57 bits per heavy atom. The fourth-order valence-electron chi connectivity index (χ4n) is 0.700. The maximum absolute atomic E-state index is 10.7. The van der Waals surface area contributed by atoms with Crippen LogP contribution in [0.5, 0.6) is 0 Å². The zero-order chi connectivity index (χ0) is 10.5. The number of carbonyl (C=O) groups is 1. The molecule has 78 valence electrons. The Balaban J connectivity index is -0.000000720. The van der Waals surface area contributed by atoms with Gasteiger partial charge in [-0.1, -0.05) is 6.58 Å². The molecule has 7 heteroatoms. The summed E-state index contributed by atoms with van der Waals surface area (Å²) in [6.45, 7) is 4.89. The molecular weight excluding hydrogens is 217 g/mol. The van der Waals surface area contributed by atoms with Gasteiger partial charge in [-0.2, -0.15) is 8.42 Å². The number of nitrogens with one attached hydrogen (secondary N) is 1. The van der Waals surface area contributed by atoms with E-state index in [9.17, 15) is 13.2 Å². The minimum Gasteiger partial charge on any atom is -1.00 e. The van der Waals surface area contributed by atoms with Crippen LogP contribution in [0.25, 0.3) is 0 Å². The quantitative estimate of drug-likeness (QED) is 0.301. The van der Waals surface area contributed by atoms with Crippen molar-refractivity contribution in [1.29, 1.82) is 0 Å². The summed E-state index contributed by atoms with van der Waals surface area (Å²) in [5, 5.41) is 2.47. The van der Waals surface area contributed by atoms with Crippen LogP contribution in [0.15, 0.2) is 12.7 Å². The SMILES string of the molecule is C=CC(=O)NC(C)CCS(=O)(=O)O.[H-].[Na+]. The van der Waals surface area contributed by atoms with Gasteiger partial charge in [-0.15, -0.1) is 0 Å². The standard InChI is InChI=1S/C7H13NO4S.Na.H/c1-3-7(9)8-6(2)4-5-13(10,11)12;;/h3,6H,1,4-5H2,2H3,(H,8,9)(H,10,11,12);;/q;+1;-1. The first-order valence-corrected chi connectivity index (χ1v) is 5.34. The van der Waals surface area contributed by atoms with Crippen molar-refractivity contribution < 1.29 is 48.7 Å². The first-order chi connectivity index (χ1) is 5.85. The van der Waals surface area contributed by atoms with E-state index in [1.165, 1.54) is 0 Å². The summed E-state index contributed by atoms with van der Waals surface area (Å²) in [7, 11) is -3.94. The second-order valence-corrected chi connectivity index (χ2v) is 4.26. The summed E-state index contributed by atoms with van der Waals surface area (Å²) in [6, 6.07) is -0.299. The van der Waals surface area contributed by atoms with Crippen molar-refractivity contribution in [1.82, 2.24) is 5.32 Å². The monoisotopic (exact) mass is 231 g/mol. The average molecular weight is 231 g/mol. The molecule has 5 nitrogen and oxygen atoms in total. The average Bonchev–Trinajstić information content (AvgIpc) is 1.99. The van der Waals surface area contributed by atoms with Crippen molar-refractivity contribution in [2.45, 2.75) is 19.4 Å². The summed E-state index contributed by atoms with van der Waals surface area (Å²) in [5.74, 6) is -0.714. The fraction of sp³-hybridized carbons (Fsp3) is 0.571. The van der Waals surface area contributed by atoms with Crippen LogP contribution in [0, 0.1) is 0 Å². The number of rotatable bonds is 5. The van der Waals surface area contributed by atoms with E-state index in [2.05, 4.69) is 11.9 Å². The molecule has 0 aliphatic carbocycles. The van der Waals surface area contributed by atoms with Crippen LogP contribution in [-0.4, -0.2) is 30.7 Å². The molecule has 1 amide bonds. The van der Waals surface area contributed by atoms with Gasteiger partial charge >= 0.3 is 29.6 Å². The third kappa shape index (κ3) is 10.2. The van der Waals surface area contributed by atoms with Crippen LogP contribution in [0.3, 0.4) is 0 Å². The molecule has 0 fully saturated rings. The number of amides is 1. The van der Waals surface area contributed by atoms with E-state index in [-0.39, 0.29) is 55.1 Å². The molecule has 0 spiro atoms. The van der Waals surface area contributed by atoms with E-state index in [4.69, 9.17) is 4.55 Å². The van der Waals surface area contributed by atoms with Crippen LogP contribution < -0.4 is 34.9 Å². The Kier molecular flexibility index (Phi) is 8.77. The van der Waals surface area contributed by atoms with Crippen molar-refractivity contribution in [3.8, 4) is 0 Å². The molecule has 0 rings (SSSR count). The second kappa shape index (κ2) is 7.42. The largest absolute Gasteiger partial charge is 1.00 e. The van der Waals surface area contributed by atoms with Gasteiger partial charge in [-0.25, -0.2) is 0 Å². The summed E-state index contributed by atoms with van der Waals surface area (Å²) < 4.78 is 29.0. The maximum atomic E-state index is 10.7. The Morgan fingerprint density at radius 2 is 2.21 bits per heavy atom. The molecule has 1 atom stereocenters. The number of hydrogen-bond acceptors (Lipinski definition) is 3. The van der Waals surface area contributed by atoms with E-state index < -0.39 is 10.1 Å². The minimum absolute atomic E-state index is 0. The summed E-state index contributed by atoms with van der Waals surface area (Å²) in [5.41, 5.74) is 0. The molecule has 0 aliphatic heterocycles. The van der Waals surface area contributed by atoms with Gasteiger partial charge in [0.15, 0.2) is 0 Å². The van der Waals surface area contributed by atoms with Gasteiger partial charge in [0, 0.05) is 6.04 Å². The van der Waals surface area contributed by atoms with E-state index in [1.807, 2.05) is 0 Å². The van der Waals surface area contributed by atoms with Crippen molar-refractivity contribution in [3.63, 3.8) is 0 Å².